The average molecular weight is 364 g/mol. The molecule has 3 rings (SSSR count). The van der Waals surface area contributed by atoms with E-state index in [1.807, 2.05) is 47.2 Å². The fraction of sp³-hybridized carbons (Fsp3) is 0.0625. The summed E-state index contributed by atoms with van der Waals surface area (Å²) in [4.78, 5) is 12.1. The molecule has 0 spiro atoms. The Kier molecular flexibility index (Phi) is 3.99. The van der Waals surface area contributed by atoms with Gasteiger partial charge in [-0.05, 0) is 36.4 Å². The Labute approximate surface area is 135 Å². The Morgan fingerprint density at radius 3 is 2.81 bits per heavy atom. The molecule has 0 aliphatic heterocycles. The highest BCUT2D eigenvalue weighted by atomic mass is 79.9. The number of hydrogen-bond donors (Lipinski definition) is 1. The number of fused-ring (bicyclic) bond motifs is 1. The standard InChI is InChI=1S/C16H12BrClN2O/c17-12-5-6-15-11(9-12)7-8-20(15)10-16(21)19-14-4-2-1-3-13(14)18/h1-9H,10H2,(H,19,21). The zero-order valence-electron chi connectivity index (χ0n) is 11.0. The Balaban J connectivity index is 1.79. The molecule has 106 valence electrons. The molecule has 0 radical (unpaired) electrons. The summed E-state index contributed by atoms with van der Waals surface area (Å²) in [7, 11) is 0. The summed E-state index contributed by atoms with van der Waals surface area (Å²) in [6.45, 7) is 0.246. The lowest BCUT2D eigenvalue weighted by atomic mass is 10.2. The lowest BCUT2D eigenvalue weighted by molar-refractivity contribution is -0.116. The van der Waals surface area contributed by atoms with Crippen molar-refractivity contribution in [3.63, 3.8) is 0 Å². The maximum Gasteiger partial charge on any atom is 0.244 e. The molecule has 0 saturated carbocycles. The normalized spacial score (nSPS) is 10.8. The van der Waals surface area contributed by atoms with Crippen LogP contribution in [0.15, 0.2) is 59.2 Å². The van der Waals surface area contributed by atoms with Gasteiger partial charge in [0, 0.05) is 21.6 Å². The van der Waals surface area contributed by atoms with Crippen molar-refractivity contribution in [2.45, 2.75) is 6.54 Å². The van der Waals surface area contributed by atoms with Crippen molar-refractivity contribution in [3.8, 4) is 0 Å². The van der Waals surface area contributed by atoms with E-state index in [4.69, 9.17) is 11.6 Å². The van der Waals surface area contributed by atoms with Gasteiger partial charge in [-0.2, -0.15) is 0 Å². The highest BCUT2D eigenvalue weighted by Gasteiger charge is 2.08. The minimum atomic E-state index is -0.108. The van der Waals surface area contributed by atoms with Crippen molar-refractivity contribution in [2.24, 2.45) is 0 Å². The number of hydrogen-bond acceptors (Lipinski definition) is 1. The van der Waals surface area contributed by atoms with E-state index in [2.05, 4.69) is 21.2 Å². The van der Waals surface area contributed by atoms with Crippen LogP contribution in [0.3, 0.4) is 0 Å². The van der Waals surface area contributed by atoms with Crippen LogP contribution >= 0.6 is 27.5 Å². The van der Waals surface area contributed by atoms with Crippen LogP contribution in [0.5, 0.6) is 0 Å². The summed E-state index contributed by atoms with van der Waals surface area (Å²) in [5.41, 5.74) is 1.65. The third-order valence-corrected chi connectivity index (χ3v) is 4.02. The van der Waals surface area contributed by atoms with Crippen molar-refractivity contribution in [2.75, 3.05) is 5.32 Å². The topological polar surface area (TPSA) is 34.0 Å². The molecule has 0 unspecified atom stereocenters. The van der Waals surface area contributed by atoms with Crippen LogP contribution in [0.4, 0.5) is 5.69 Å². The van der Waals surface area contributed by atoms with Gasteiger partial charge in [0.1, 0.15) is 6.54 Å². The van der Waals surface area contributed by atoms with Crippen molar-refractivity contribution in [1.82, 2.24) is 4.57 Å². The largest absolute Gasteiger partial charge is 0.338 e. The maximum atomic E-state index is 12.1. The van der Waals surface area contributed by atoms with E-state index in [0.717, 1.165) is 15.4 Å². The molecule has 1 aromatic heterocycles. The van der Waals surface area contributed by atoms with Crippen LogP contribution in [0.1, 0.15) is 0 Å². The number of rotatable bonds is 3. The zero-order valence-corrected chi connectivity index (χ0v) is 13.4. The number of anilines is 1. The monoisotopic (exact) mass is 362 g/mol. The molecule has 5 heteroatoms. The quantitative estimate of drug-likeness (QED) is 0.719. The molecule has 1 N–H and O–H groups in total. The average Bonchev–Trinajstić information content (AvgIpc) is 2.83. The van der Waals surface area contributed by atoms with E-state index in [0.29, 0.717) is 10.7 Å². The third-order valence-electron chi connectivity index (χ3n) is 3.19. The fourth-order valence-corrected chi connectivity index (χ4v) is 2.78. The first kappa shape index (κ1) is 14.2. The lowest BCUT2D eigenvalue weighted by Crippen LogP contribution is -2.18. The third kappa shape index (κ3) is 3.12. The number of para-hydroxylation sites is 1. The number of amides is 1. The van der Waals surface area contributed by atoms with Gasteiger partial charge in [-0.25, -0.2) is 0 Å². The molecule has 3 nitrogen and oxygen atoms in total. The van der Waals surface area contributed by atoms with Crippen LogP contribution in [0, 0.1) is 0 Å². The van der Waals surface area contributed by atoms with Crippen molar-refractivity contribution < 1.29 is 4.79 Å². The van der Waals surface area contributed by atoms with Gasteiger partial charge in [0.15, 0.2) is 0 Å². The van der Waals surface area contributed by atoms with Gasteiger partial charge >= 0.3 is 0 Å². The number of carbonyl (C=O) groups excluding carboxylic acids is 1. The van der Waals surface area contributed by atoms with Gasteiger partial charge in [0.25, 0.3) is 0 Å². The summed E-state index contributed by atoms with van der Waals surface area (Å²) in [6, 6.07) is 15.2. The molecule has 0 bridgehead atoms. The highest BCUT2D eigenvalue weighted by molar-refractivity contribution is 9.10. The second-order valence-corrected chi connectivity index (χ2v) is 6.00. The molecule has 0 aliphatic rings. The predicted molar refractivity (Wildman–Crippen MR) is 89.7 cm³/mol. The molecule has 21 heavy (non-hydrogen) atoms. The molecular formula is C16H12BrClN2O. The van der Waals surface area contributed by atoms with Crippen molar-refractivity contribution in [1.29, 1.82) is 0 Å². The van der Waals surface area contributed by atoms with Gasteiger partial charge in [-0.1, -0.05) is 39.7 Å². The molecule has 1 heterocycles. The van der Waals surface area contributed by atoms with E-state index >= 15 is 0 Å². The molecule has 0 fully saturated rings. The molecular weight excluding hydrogens is 352 g/mol. The SMILES string of the molecule is O=C(Cn1ccc2cc(Br)ccc21)Nc1ccccc1Cl. The summed E-state index contributed by atoms with van der Waals surface area (Å²) >= 11 is 9.48. The highest BCUT2D eigenvalue weighted by Crippen LogP contribution is 2.22. The molecule has 3 aromatic rings. The number of nitrogens with zero attached hydrogens (tertiary/aromatic N) is 1. The van der Waals surface area contributed by atoms with E-state index in [-0.39, 0.29) is 12.5 Å². The number of benzene rings is 2. The van der Waals surface area contributed by atoms with Crippen LogP contribution in [0.25, 0.3) is 10.9 Å². The Bertz CT molecular complexity index is 813. The molecule has 0 aliphatic carbocycles. The van der Waals surface area contributed by atoms with E-state index in [1.165, 1.54) is 0 Å². The smallest absolute Gasteiger partial charge is 0.244 e. The molecule has 0 saturated heterocycles. The number of aromatic nitrogens is 1. The van der Waals surface area contributed by atoms with E-state index in [1.54, 1.807) is 12.1 Å². The van der Waals surface area contributed by atoms with Crippen molar-refractivity contribution in [3.05, 3.63) is 64.2 Å². The predicted octanol–water partition coefficient (Wildman–Crippen LogP) is 4.70. The van der Waals surface area contributed by atoms with Crippen molar-refractivity contribution >= 4 is 50.0 Å². The summed E-state index contributed by atoms with van der Waals surface area (Å²) in [5.74, 6) is -0.108. The molecule has 0 atom stereocenters. The lowest BCUT2D eigenvalue weighted by Gasteiger charge is -2.08. The van der Waals surface area contributed by atoms with Crippen LogP contribution in [-0.2, 0) is 11.3 Å². The second-order valence-electron chi connectivity index (χ2n) is 4.67. The first-order chi connectivity index (χ1) is 10.1. The van der Waals surface area contributed by atoms with E-state index < -0.39 is 0 Å². The number of nitrogens with one attached hydrogen (secondary N) is 1. The summed E-state index contributed by atoms with van der Waals surface area (Å²) < 4.78 is 2.93. The molecule has 1 amide bonds. The number of halogens is 2. The minimum Gasteiger partial charge on any atom is -0.338 e. The van der Waals surface area contributed by atoms with Crippen LogP contribution in [-0.4, -0.2) is 10.5 Å². The van der Waals surface area contributed by atoms with Crippen LogP contribution in [0.2, 0.25) is 5.02 Å². The minimum absolute atomic E-state index is 0.108. The fourth-order valence-electron chi connectivity index (χ4n) is 2.22. The first-order valence-electron chi connectivity index (χ1n) is 6.42. The first-order valence-corrected chi connectivity index (χ1v) is 7.59. The maximum absolute atomic E-state index is 12.1. The van der Waals surface area contributed by atoms with Gasteiger partial charge in [0.05, 0.1) is 10.7 Å². The Hall–Kier alpha value is -1.78. The zero-order chi connectivity index (χ0) is 14.8. The Morgan fingerprint density at radius 1 is 1.19 bits per heavy atom. The second kappa shape index (κ2) is 5.92. The molecule has 2 aromatic carbocycles. The van der Waals surface area contributed by atoms with Gasteiger partial charge in [-0.3, -0.25) is 4.79 Å². The van der Waals surface area contributed by atoms with Gasteiger partial charge < -0.3 is 9.88 Å². The number of carbonyl (C=O) groups is 1. The summed E-state index contributed by atoms with van der Waals surface area (Å²) in [5, 5.41) is 4.45. The Morgan fingerprint density at radius 2 is 2.00 bits per heavy atom. The van der Waals surface area contributed by atoms with E-state index in [9.17, 15) is 4.79 Å². The van der Waals surface area contributed by atoms with Gasteiger partial charge in [-0.15, -0.1) is 0 Å². The summed E-state index contributed by atoms with van der Waals surface area (Å²) in [6.07, 6.45) is 1.91. The van der Waals surface area contributed by atoms with Crippen LogP contribution < -0.4 is 5.32 Å². The van der Waals surface area contributed by atoms with Gasteiger partial charge in [0.2, 0.25) is 5.91 Å².